The number of carbonyl (C=O) groups is 1. The molecule has 1 aliphatic carbocycles. The van der Waals surface area contributed by atoms with E-state index in [2.05, 4.69) is 9.55 Å². The third kappa shape index (κ3) is 3.39. The Kier molecular flexibility index (Phi) is 4.87. The van der Waals surface area contributed by atoms with Gasteiger partial charge in [-0.15, -0.1) is 0 Å². The first-order valence-corrected chi connectivity index (χ1v) is 9.47. The van der Waals surface area contributed by atoms with Gasteiger partial charge in [0.25, 0.3) is 0 Å². The van der Waals surface area contributed by atoms with Crippen molar-refractivity contribution in [3.05, 3.63) is 39.7 Å². The molecule has 1 saturated carbocycles. The summed E-state index contributed by atoms with van der Waals surface area (Å²) in [6.45, 7) is 3.37. The standard InChI is InChI=1S/C19H21BF2N2O4/c1-11-16(23-8-6-13(25)7-9-23)5-4-14-17(11)24(12-2-3-12)10-15(18(14)26)19(27)28-20(21)22/h4-5,10,12-13,25H,2-3,6-9H2,1H3. The maximum atomic E-state index is 12.8. The zero-order valence-electron chi connectivity index (χ0n) is 15.5. The molecule has 148 valence electrons. The SMILES string of the molecule is Cc1c(N2CCC(O)CC2)ccc2c(=O)c(C(=O)OB(F)F)cn(C3CC3)c12. The van der Waals surface area contributed by atoms with E-state index in [0.717, 1.165) is 42.7 Å². The first-order chi connectivity index (χ1) is 13.4. The number of nitrogens with zero attached hydrogens (tertiary/aromatic N) is 2. The Morgan fingerprint density at radius 2 is 1.89 bits per heavy atom. The number of hydrogen-bond donors (Lipinski definition) is 1. The molecule has 1 aromatic carbocycles. The normalized spacial score (nSPS) is 17.8. The zero-order valence-corrected chi connectivity index (χ0v) is 15.5. The monoisotopic (exact) mass is 390 g/mol. The van der Waals surface area contributed by atoms with E-state index in [1.165, 1.54) is 6.20 Å². The van der Waals surface area contributed by atoms with E-state index in [1.54, 1.807) is 6.07 Å². The molecule has 1 N–H and O–H groups in total. The van der Waals surface area contributed by atoms with Crippen LogP contribution in [0.1, 0.15) is 47.6 Å². The second kappa shape index (κ2) is 7.20. The van der Waals surface area contributed by atoms with Crippen molar-refractivity contribution in [1.29, 1.82) is 0 Å². The Bertz CT molecular complexity index is 982. The second-order valence-corrected chi connectivity index (χ2v) is 7.50. The minimum atomic E-state index is -3.27. The van der Waals surface area contributed by atoms with Gasteiger partial charge in [0, 0.05) is 36.4 Å². The van der Waals surface area contributed by atoms with Gasteiger partial charge in [0.2, 0.25) is 5.43 Å². The molecule has 28 heavy (non-hydrogen) atoms. The molecule has 0 radical (unpaired) electrons. The van der Waals surface area contributed by atoms with Gasteiger partial charge in [-0.2, -0.15) is 0 Å². The molecule has 4 rings (SSSR count). The van der Waals surface area contributed by atoms with E-state index >= 15 is 0 Å². The molecule has 1 aromatic heterocycles. The lowest BCUT2D eigenvalue weighted by Gasteiger charge is -2.33. The van der Waals surface area contributed by atoms with Gasteiger partial charge in [0.1, 0.15) is 5.56 Å². The van der Waals surface area contributed by atoms with Crippen LogP contribution in [-0.4, -0.2) is 42.3 Å². The predicted octanol–water partition coefficient (Wildman–Crippen LogP) is 2.69. The van der Waals surface area contributed by atoms with Crippen LogP contribution >= 0.6 is 0 Å². The van der Waals surface area contributed by atoms with Crippen molar-refractivity contribution < 1.29 is 23.2 Å². The molecule has 2 aromatic rings. The summed E-state index contributed by atoms with van der Waals surface area (Å²) in [5, 5.41) is 10.1. The van der Waals surface area contributed by atoms with Gasteiger partial charge in [-0.25, -0.2) is 13.4 Å². The molecule has 1 aliphatic heterocycles. The number of rotatable bonds is 4. The van der Waals surface area contributed by atoms with Crippen LogP contribution in [0.2, 0.25) is 0 Å². The van der Waals surface area contributed by atoms with Gasteiger partial charge in [-0.05, 0) is 50.3 Å². The van der Waals surface area contributed by atoms with Crippen LogP contribution in [0.25, 0.3) is 10.9 Å². The highest BCUT2D eigenvalue weighted by atomic mass is 19.2. The van der Waals surface area contributed by atoms with Crippen LogP contribution in [0.3, 0.4) is 0 Å². The number of pyridine rings is 1. The molecule has 0 amide bonds. The first kappa shape index (κ1) is 18.9. The number of piperidine rings is 1. The Labute approximate surface area is 160 Å². The van der Waals surface area contributed by atoms with Crippen LogP contribution in [-0.2, 0) is 4.65 Å². The second-order valence-electron chi connectivity index (χ2n) is 7.50. The maximum absolute atomic E-state index is 12.8. The number of aromatic nitrogens is 1. The third-order valence-electron chi connectivity index (χ3n) is 5.58. The lowest BCUT2D eigenvalue weighted by atomic mass is 10.0. The summed E-state index contributed by atoms with van der Waals surface area (Å²) < 4.78 is 30.7. The smallest absolute Gasteiger partial charge is 0.474 e. The number of aliphatic hydroxyl groups excluding tert-OH is 1. The fourth-order valence-electron chi connectivity index (χ4n) is 3.99. The molecule has 6 nitrogen and oxygen atoms in total. The van der Waals surface area contributed by atoms with E-state index in [9.17, 15) is 23.3 Å². The van der Waals surface area contributed by atoms with Crippen molar-refractivity contribution in [3.8, 4) is 0 Å². The van der Waals surface area contributed by atoms with E-state index in [0.29, 0.717) is 18.2 Å². The van der Waals surface area contributed by atoms with Gasteiger partial charge in [-0.3, -0.25) is 4.79 Å². The number of anilines is 1. The van der Waals surface area contributed by atoms with E-state index < -0.39 is 18.9 Å². The van der Waals surface area contributed by atoms with Crippen molar-refractivity contribution in [2.75, 3.05) is 18.0 Å². The lowest BCUT2D eigenvalue weighted by Crippen LogP contribution is -2.36. The highest BCUT2D eigenvalue weighted by Crippen LogP contribution is 2.39. The Balaban J connectivity index is 1.85. The van der Waals surface area contributed by atoms with Crippen molar-refractivity contribution in [2.45, 2.75) is 44.8 Å². The van der Waals surface area contributed by atoms with E-state index in [4.69, 9.17) is 0 Å². The first-order valence-electron chi connectivity index (χ1n) is 9.47. The zero-order chi connectivity index (χ0) is 20.0. The number of halogens is 2. The van der Waals surface area contributed by atoms with Crippen LogP contribution in [0, 0.1) is 6.92 Å². The molecular weight excluding hydrogens is 369 g/mol. The van der Waals surface area contributed by atoms with Gasteiger partial charge in [-0.1, -0.05) is 0 Å². The highest BCUT2D eigenvalue weighted by molar-refractivity contribution is 6.38. The predicted molar refractivity (Wildman–Crippen MR) is 102 cm³/mol. The molecule has 0 spiro atoms. The summed E-state index contributed by atoms with van der Waals surface area (Å²) in [6.07, 6.45) is 4.26. The quantitative estimate of drug-likeness (QED) is 0.813. The fraction of sp³-hybridized carbons (Fsp3) is 0.474. The van der Waals surface area contributed by atoms with Gasteiger partial charge in [0.15, 0.2) is 0 Å². The molecule has 2 fully saturated rings. The molecule has 1 saturated heterocycles. The van der Waals surface area contributed by atoms with E-state index in [-0.39, 0.29) is 17.7 Å². The Morgan fingerprint density at radius 1 is 1.21 bits per heavy atom. The van der Waals surface area contributed by atoms with Crippen LogP contribution in [0.15, 0.2) is 23.1 Å². The molecular formula is C19H21BF2N2O4. The Hall–Kier alpha value is -2.42. The Morgan fingerprint density at radius 3 is 2.50 bits per heavy atom. The molecule has 0 atom stereocenters. The molecule has 9 heteroatoms. The average Bonchev–Trinajstić information content (AvgIpc) is 3.48. The summed E-state index contributed by atoms with van der Waals surface area (Å²) in [4.78, 5) is 27.0. The number of aliphatic hydroxyl groups is 1. The van der Waals surface area contributed by atoms with Crippen molar-refractivity contribution in [1.82, 2.24) is 4.57 Å². The molecule has 0 bridgehead atoms. The van der Waals surface area contributed by atoms with Gasteiger partial charge < -0.3 is 19.2 Å². The summed E-state index contributed by atoms with van der Waals surface area (Å²) in [5.74, 6) is -1.30. The minimum Gasteiger partial charge on any atom is -0.474 e. The molecule has 2 aliphatic rings. The largest absolute Gasteiger partial charge is 0.798 e. The van der Waals surface area contributed by atoms with E-state index in [1.807, 2.05) is 17.6 Å². The van der Waals surface area contributed by atoms with Crippen molar-refractivity contribution in [3.63, 3.8) is 0 Å². The van der Waals surface area contributed by atoms with Gasteiger partial charge in [0.05, 0.1) is 11.6 Å². The van der Waals surface area contributed by atoms with Gasteiger partial charge >= 0.3 is 13.4 Å². The lowest BCUT2D eigenvalue weighted by molar-refractivity contribution is 0.0693. The van der Waals surface area contributed by atoms with Crippen molar-refractivity contribution in [2.24, 2.45) is 0 Å². The number of benzene rings is 1. The number of fused-ring (bicyclic) bond motifs is 1. The van der Waals surface area contributed by atoms with Crippen LogP contribution < -0.4 is 10.3 Å². The highest BCUT2D eigenvalue weighted by Gasteiger charge is 2.31. The van der Waals surface area contributed by atoms with Crippen molar-refractivity contribution >= 4 is 30.0 Å². The third-order valence-corrected chi connectivity index (χ3v) is 5.58. The van der Waals surface area contributed by atoms with Crippen LogP contribution in [0.4, 0.5) is 14.3 Å². The summed E-state index contributed by atoms with van der Waals surface area (Å²) >= 11 is 0. The number of carbonyl (C=O) groups excluding carboxylic acids is 1. The topological polar surface area (TPSA) is 71.8 Å². The summed E-state index contributed by atoms with van der Waals surface area (Å²) in [5.41, 5.74) is 1.65. The van der Waals surface area contributed by atoms with Crippen LogP contribution in [0.5, 0.6) is 0 Å². The number of hydrogen-bond acceptors (Lipinski definition) is 5. The summed E-state index contributed by atoms with van der Waals surface area (Å²) in [7, 11) is -3.27. The summed E-state index contributed by atoms with van der Waals surface area (Å²) in [6, 6.07) is 3.62. The molecule has 0 unspecified atom stereocenters. The average molecular weight is 390 g/mol. The maximum Gasteiger partial charge on any atom is 0.798 e. The minimum absolute atomic E-state index is 0.137. The fourth-order valence-corrected chi connectivity index (χ4v) is 3.99. The number of aryl methyl sites for hydroxylation is 1. The molecule has 2 heterocycles.